The second kappa shape index (κ2) is 10.6. The second-order valence-corrected chi connectivity index (χ2v) is 9.90. The smallest absolute Gasteiger partial charge is 0.325 e. The SMILES string of the molecule is CC(C)O[C@H](COCOC(=O)[C@@H](N)C(C)C)CN(C(C)(C)C)S(C)(=O)=O. The van der Waals surface area contributed by atoms with Crippen molar-refractivity contribution < 1.29 is 27.4 Å². The van der Waals surface area contributed by atoms with Crippen molar-refractivity contribution in [2.24, 2.45) is 11.7 Å². The standard InChI is InChI=1S/C17H36N2O6S/c1-12(2)15(18)16(20)24-11-23-10-14(25-13(3)4)9-19(17(5,6)7)26(8,21)22/h12-15H,9-11,18H2,1-8H3/t14-,15-/m0/s1. The summed E-state index contributed by atoms with van der Waals surface area (Å²) in [4.78, 5) is 11.7. The summed E-state index contributed by atoms with van der Waals surface area (Å²) >= 11 is 0. The van der Waals surface area contributed by atoms with Gasteiger partial charge in [0.2, 0.25) is 10.0 Å². The van der Waals surface area contributed by atoms with Gasteiger partial charge in [-0.15, -0.1) is 0 Å². The van der Waals surface area contributed by atoms with Crippen molar-refractivity contribution in [1.29, 1.82) is 0 Å². The Bertz CT molecular complexity index is 528. The van der Waals surface area contributed by atoms with Gasteiger partial charge in [0.25, 0.3) is 0 Å². The number of rotatable bonds is 11. The molecular weight excluding hydrogens is 360 g/mol. The number of nitrogens with zero attached hydrogens (tertiary/aromatic N) is 1. The molecule has 0 fully saturated rings. The van der Waals surface area contributed by atoms with E-state index >= 15 is 0 Å². The topological polar surface area (TPSA) is 108 Å². The molecule has 2 N–H and O–H groups in total. The van der Waals surface area contributed by atoms with Crippen LogP contribution in [-0.4, -0.2) is 68.7 Å². The number of hydrogen-bond acceptors (Lipinski definition) is 7. The van der Waals surface area contributed by atoms with Gasteiger partial charge in [-0.1, -0.05) is 13.8 Å². The minimum absolute atomic E-state index is 0.0328. The van der Waals surface area contributed by atoms with Crippen molar-refractivity contribution in [1.82, 2.24) is 4.31 Å². The molecule has 0 aliphatic rings. The molecule has 0 aromatic carbocycles. The van der Waals surface area contributed by atoms with Gasteiger partial charge in [-0.05, 0) is 40.5 Å². The molecular formula is C17H36N2O6S. The highest BCUT2D eigenvalue weighted by molar-refractivity contribution is 7.88. The lowest BCUT2D eigenvalue weighted by molar-refractivity contribution is -0.163. The van der Waals surface area contributed by atoms with E-state index in [1.807, 2.05) is 48.5 Å². The molecule has 0 spiro atoms. The number of carbonyl (C=O) groups is 1. The van der Waals surface area contributed by atoms with Crippen molar-refractivity contribution in [3.05, 3.63) is 0 Å². The van der Waals surface area contributed by atoms with Crippen LogP contribution < -0.4 is 5.73 Å². The van der Waals surface area contributed by atoms with Crippen LogP contribution >= 0.6 is 0 Å². The number of esters is 1. The molecule has 0 aromatic heterocycles. The highest BCUT2D eigenvalue weighted by Gasteiger charge is 2.32. The number of sulfonamides is 1. The monoisotopic (exact) mass is 396 g/mol. The predicted octanol–water partition coefficient (Wildman–Crippen LogP) is 1.34. The van der Waals surface area contributed by atoms with Crippen molar-refractivity contribution in [2.75, 3.05) is 26.2 Å². The zero-order chi connectivity index (χ0) is 20.7. The van der Waals surface area contributed by atoms with Gasteiger partial charge in [0.15, 0.2) is 6.79 Å². The lowest BCUT2D eigenvalue weighted by atomic mass is 10.1. The molecule has 8 nitrogen and oxygen atoms in total. The molecule has 0 aliphatic heterocycles. The Balaban J connectivity index is 4.79. The van der Waals surface area contributed by atoms with Crippen LogP contribution in [-0.2, 0) is 29.0 Å². The molecule has 156 valence electrons. The van der Waals surface area contributed by atoms with Crippen LogP contribution in [0.5, 0.6) is 0 Å². The molecule has 0 rings (SSSR count). The highest BCUT2D eigenvalue weighted by Crippen LogP contribution is 2.19. The Morgan fingerprint density at radius 2 is 1.69 bits per heavy atom. The minimum atomic E-state index is -3.42. The fraction of sp³-hybridized carbons (Fsp3) is 0.941. The average Bonchev–Trinajstić information content (AvgIpc) is 2.44. The average molecular weight is 397 g/mol. The minimum Gasteiger partial charge on any atom is -0.437 e. The van der Waals surface area contributed by atoms with Crippen LogP contribution in [0.25, 0.3) is 0 Å². The first kappa shape index (κ1) is 25.3. The summed E-state index contributed by atoms with van der Waals surface area (Å²) in [7, 11) is -3.42. The molecule has 0 aliphatic carbocycles. The fourth-order valence-electron chi connectivity index (χ4n) is 2.26. The number of ether oxygens (including phenoxy) is 3. The van der Waals surface area contributed by atoms with E-state index < -0.39 is 33.7 Å². The van der Waals surface area contributed by atoms with Crippen molar-refractivity contribution in [3.63, 3.8) is 0 Å². The molecule has 0 aromatic rings. The van der Waals surface area contributed by atoms with Crippen LogP contribution in [0.3, 0.4) is 0 Å². The summed E-state index contributed by atoms with van der Waals surface area (Å²) in [5, 5.41) is 0. The molecule has 9 heteroatoms. The molecule has 0 amide bonds. The predicted molar refractivity (Wildman–Crippen MR) is 101 cm³/mol. The number of carbonyl (C=O) groups excluding carboxylic acids is 1. The normalized spacial score (nSPS) is 15.5. The van der Waals surface area contributed by atoms with Crippen molar-refractivity contribution in [2.45, 2.75) is 72.3 Å². The van der Waals surface area contributed by atoms with E-state index in [1.165, 1.54) is 10.6 Å². The third-order valence-electron chi connectivity index (χ3n) is 3.56. The summed E-state index contributed by atoms with van der Waals surface area (Å²) in [6.45, 7) is 12.8. The van der Waals surface area contributed by atoms with Crippen molar-refractivity contribution >= 4 is 16.0 Å². The Morgan fingerprint density at radius 3 is 2.08 bits per heavy atom. The summed E-state index contributed by atoms with van der Waals surface area (Å²) in [5.41, 5.74) is 5.11. The van der Waals surface area contributed by atoms with Crippen molar-refractivity contribution in [3.8, 4) is 0 Å². The zero-order valence-corrected chi connectivity index (χ0v) is 18.1. The lowest BCUT2D eigenvalue weighted by Gasteiger charge is -2.36. The van der Waals surface area contributed by atoms with E-state index in [0.717, 1.165) is 0 Å². The van der Waals surface area contributed by atoms with Crippen LogP contribution in [0.15, 0.2) is 0 Å². The van der Waals surface area contributed by atoms with Gasteiger partial charge in [0.05, 0.1) is 25.1 Å². The van der Waals surface area contributed by atoms with Gasteiger partial charge in [-0.3, -0.25) is 4.79 Å². The van der Waals surface area contributed by atoms with Crippen LogP contribution in [0, 0.1) is 5.92 Å². The van der Waals surface area contributed by atoms with E-state index in [9.17, 15) is 13.2 Å². The Labute approximate surface area is 158 Å². The summed E-state index contributed by atoms with van der Waals surface area (Å²) in [6.07, 6.45) is 0.559. The van der Waals surface area contributed by atoms with Gasteiger partial charge in [0.1, 0.15) is 6.04 Å². The fourth-order valence-corrected chi connectivity index (χ4v) is 3.69. The molecule has 0 bridgehead atoms. The molecule has 0 unspecified atom stereocenters. The lowest BCUT2D eigenvalue weighted by Crippen LogP contribution is -2.50. The van der Waals surface area contributed by atoms with Gasteiger partial charge in [0, 0.05) is 12.1 Å². The maximum atomic E-state index is 12.1. The highest BCUT2D eigenvalue weighted by atomic mass is 32.2. The molecule has 26 heavy (non-hydrogen) atoms. The largest absolute Gasteiger partial charge is 0.437 e. The summed E-state index contributed by atoms with van der Waals surface area (Å²) < 4.78 is 41.7. The van der Waals surface area contributed by atoms with E-state index in [4.69, 9.17) is 19.9 Å². The van der Waals surface area contributed by atoms with E-state index in [2.05, 4.69) is 0 Å². The maximum Gasteiger partial charge on any atom is 0.325 e. The molecule has 0 saturated heterocycles. The first-order chi connectivity index (χ1) is 11.7. The van der Waals surface area contributed by atoms with E-state index in [-0.39, 0.29) is 32.0 Å². The van der Waals surface area contributed by atoms with Gasteiger partial charge < -0.3 is 19.9 Å². The molecule has 0 radical (unpaired) electrons. The molecule has 0 heterocycles. The van der Waals surface area contributed by atoms with Gasteiger partial charge in [-0.25, -0.2) is 8.42 Å². The quantitative estimate of drug-likeness (QED) is 0.319. The third kappa shape index (κ3) is 9.82. The van der Waals surface area contributed by atoms with Crippen LogP contribution in [0.2, 0.25) is 0 Å². The Hall–Kier alpha value is -0.740. The van der Waals surface area contributed by atoms with Crippen LogP contribution in [0.4, 0.5) is 0 Å². The van der Waals surface area contributed by atoms with E-state index in [0.29, 0.717) is 0 Å². The first-order valence-electron chi connectivity index (χ1n) is 8.79. The van der Waals surface area contributed by atoms with Crippen LogP contribution in [0.1, 0.15) is 48.5 Å². The Kier molecular flexibility index (Phi) is 10.3. The first-order valence-corrected chi connectivity index (χ1v) is 10.6. The van der Waals surface area contributed by atoms with Gasteiger partial charge in [-0.2, -0.15) is 4.31 Å². The molecule has 2 atom stereocenters. The second-order valence-electron chi connectivity index (χ2n) is 7.99. The summed E-state index contributed by atoms with van der Waals surface area (Å²) in [5.74, 6) is -0.566. The maximum absolute atomic E-state index is 12.1. The third-order valence-corrected chi connectivity index (χ3v) is 5.06. The Morgan fingerprint density at radius 1 is 1.15 bits per heavy atom. The number of nitrogens with two attached hydrogens (primary N) is 1. The van der Waals surface area contributed by atoms with E-state index in [1.54, 1.807) is 0 Å². The zero-order valence-electron chi connectivity index (χ0n) is 17.3. The van der Waals surface area contributed by atoms with Gasteiger partial charge >= 0.3 is 5.97 Å². The summed E-state index contributed by atoms with van der Waals surface area (Å²) in [6, 6.07) is -0.706. The molecule has 0 saturated carbocycles. The number of hydrogen-bond donors (Lipinski definition) is 1.